The van der Waals surface area contributed by atoms with Gasteiger partial charge in [-0.05, 0) is 12.8 Å². The third-order valence-corrected chi connectivity index (χ3v) is 2.82. The summed E-state index contributed by atoms with van der Waals surface area (Å²) in [5.41, 5.74) is 5.37. The zero-order valence-electron chi connectivity index (χ0n) is 8.71. The topological polar surface area (TPSA) is 55.0 Å². The predicted molar refractivity (Wildman–Crippen MR) is 57.9 cm³/mol. The van der Waals surface area contributed by atoms with Gasteiger partial charge in [0.05, 0.1) is 0 Å². The molecule has 1 aromatic rings. The van der Waals surface area contributed by atoms with Crippen molar-refractivity contribution in [3.05, 3.63) is 11.2 Å². The Morgan fingerprint density at radius 1 is 1.41 bits per heavy atom. The number of nitrogen functional groups attached to an aromatic ring is 1. The largest absolute Gasteiger partial charge is 0.408 e. The summed E-state index contributed by atoms with van der Waals surface area (Å²) < 4.78 is 38.2. The van der Waals surface area contributed by atoms with Crippen LogP contribution in [0.1, 0.15) is 12.8 Å². The maximum atomic E-state index is 12.7. The SMILES string of the molecule is Nc1nc(Cl)cc(N2CCCC2C(F)(F)F)n1. The molecule has 4 nitrogen and oxygen atoms in total. The van der Waals surface area contributed by atoms with Gasteiger partial charge in [0.15, 0.2) is 0 Å². The summed E-state index contributed by atoms with van der Waals surface area (Å²) in [7, 11) is 0. The standard InChI is InChI=1S/C9H10ClF3N4/c10-6-4-7(16-8(14)15-6)17-3-1-2-5(17)9(11,12)13/h4-5H,1-3H2,(H2,14,15,16). The van der Waals surface area contributed by atoms with E-state index in [0.29, 0.717) is 6.42 Å². The van der Waals surface area contributed by atoms with E-state index in [4.69, 9.17) is 17.3 Å². The van der Waals surface area contributed by atoms with E-state index in [2.05, 4.69) is 9.97 Å². The van der Waals surface area contributed by atoms with E-state index in [1.54, 1.807) is 0 Å². The van der Waals surface area contributed by atoms with Gasteiger partial charge in [-0.3, -0.25) is 0 Å². The highest BCUT2D eigenvalue weighted by molar-refractivity contribution is 6.29. The van der Waals surface area contributed by atoms with Gasteiger partial charge in [-0.25, -0.2) is 4.98 Å². The molecule has 8 heteroatoms. The van der Waals surface area contributed by atoms with E-state index in [-0.39, 0.29) is 29.9 Å². The van der Waals surface area contributed by atoms with Gasteiger partial charge >= 0.3 is 6.18 Å². The first-order valence-electron chi connectivity index (χ1n) is 5.01. The average Bonchev–Trinajstić information content (AvgIpc) is 2.63. The first kappa shape index (κ1) is 12.2. The molecule has 1 unspecified atom stereocenters. The molecule has 0 aliphatic carbocycles. The van der Waals surface area contributed by atoms with Crippen LogP contribution in [0.3, 0.4) is 0 Å². The lowest BCUT2D eigenvalue weighted by Gasteiger charge is -2.27. The van der Waals surface area contributed by atoms with Crippen LogP contribution in [0.2, 0.25) is 5.15 Å². The summed E-state index contributed by atoms with van der Waals surface area (Å²) >= 11 is 5.65. The van der Waals surface area contributed by atoms with Gasteiger partial charge in [0.2, 0.25) is 5.95 Å². The molecular weight excluding hydrogens is 257 g/mol. The molecule has 2 heterocycles. The number of hydrogen-bond donors (Lipinski definition) is 1. The molecule has 2 rings (SSSR count). The number of nitrogens with zero attached hydrogens (tertiary/aromatic N) is 3. The van der Waals surface area contributed by atoms with Crippen molar-refractivity contribution < 1.29 is 13.2 Å². The Kier molecular flexibility index (Phi) is 3.03. The summed E-state index contributed by atoms with van der Waals surface area (Å²) in [6.45, 7) is 0.289. The fourth-order valence-corrected chi connectivity index (χ4v) is 2.14. The molecule has 1 atom stereocenters. The Morgan fingerprint density at radius 2 is 2.12 bits per heavy atom. The minimum absolute atomic E-state index is 0.0420. The molecule has 0 radical (unpaired) electrons. The highest BCUT2D eigenvalue weighted by Crippen LogP contribution is 2.35. The Hall–Kier alpha value is -1.24. The lowest BCUT2D eigenvalue weighted by molar-refractivity contribution is -0.146. The van der Waals surface area contributed by atoms with Crippen LogP contribution >= 0.6 is 11.6 Å². The van der Waals surface area contributed by atoms with Gasteiger partial charge in [-0.1, -0.05) is 11.6 Å². The Bertz CT molecular complexity index is 403. The lowest BCUT2D eigenvalue weighted by atomic mass is 10.2. The maximum Gasteiger partial charge on any atom is 0.408 e. The molecule has 1 aromatic heterocycles. The van der Waals surface area contributed by atoms with Crippen molar-refractivity contribution in [3.63, 3.8) is 0 Å². The van der Waals surface area contributed by atoms with Gasteiger partial charge < -0.3 is 10.6 Å². The Morgan fingerprint density at radius 3 is 2.71 bits per heavy atom. The number of halogens is 4. The zero-order chi connectivity index (χ0) is 12.6. The van der Waals surface area contributed by atoms with E-state index in [1.807, 2.05) is 0 Å². The van der Waals surface area contributed by atoms with Crippen LogP contribution in [-0.4, -0.2) is 28.7 Å². The van der Waals surface area contributed by atoms with Crippen molar-refractivity contribution in [1.29, 1.82) is 0 Å². The second kappa shape index (κ2) is 4.21. The maximum absolute atomic E-state index is 12.7. The van der Waals surface area contributed by atoms with Crippen molar-refractivity contribution in [1.82, 2.24) is 9.97 Å². The number of aromatic nitrogens is 2. The van der Waals surface area contributed by atoms with Gasteiger partial charge in [0, 0.05) is 12.6 Å². The minimum Gasteiger partial charge on any atom is -0.368 e. The molecule has 1 fully saturated rings. The minimum atomic E-state index is -4.28. The molecule has 17 heavy (non-hydrogen) atoms. The molecule has 1 aliphatic heterocycles. The van der Waals surface area contributed by atoms with Crippen molar-refractivity contribution in [2.24, 2.45) is 0 Å². The highest BCUT2D eigenvalue weighted by Gasteiger charge is 2.46. The normalized spacial score (nSPS) is 20.9. The van der Waals surface area contributed by atoms with Gasteiger partial charge in [0.25, 0.3) is 0 Å². The van der Waals surface area contributed by atoms with Crippen molar-refractivity contribution in [3.8, 4) is 0 Å². The highest BCUT2D eigenvalue weighted by atomic mass is 35.5. The Balaban J connectivity index is 2.32. The molecule has 0 bridgehead atoms. The number of rotatable bonds is 1. The quantitative estimate of drug-likeness (QED) is 0.792. The molecule has 0 aromatic carbocycles. The molecular formula is C9H10ClF3N4. The van der Waals surface area contributed by atoms with Crippen LogP contribution in [0.25, 0.3) is 0 Å². The second-order valence-corrected chi connectivity index (χ2v) is 4.19. The summed E-state index contributed by atoms with van der Waals surface area (Å²) in [6.07, 6.45) is -3.75. The van der Waals surface area contributed by atoms with Crippen LogP contribution in [0, 0.1) is 0 Å². The van der Waals surface area contributed by atoms with Gasteiger partial charge in [-0.2, -0.15) is 18.2 Å². The number of alkyl halides is 3. The molecule has 1 saturated heterocycles. The Labute approximate surface area is 101 Å². The first-order chi connectivity index (χ1) is 7.88. The lowest BCUT2D eigenvalue weighted by Crippen LogP contribution is -2.41. The smallest absolute Gasteiger partial charge is 0.368 e. The second-order valence-electron chi connectivity index (χ2n) is 3.80. The fourth-order valence-electron chi connectivity index (χ4n) is 1.95. The van der Waals surface area contributed by atoms with E-state index < -0.39 is 12.2 Å². The summed E-state index contributed by atoms with van der Waals surface area (Å²) in [5, 5.41) is 0.0420. The van der Waals surface area contributed by atoms with Gasteiger partial charge in [0.1, 0.15) is 17.0 Å². The summed E-state index contributed by atoms with van der Waals surface area (Å²) in [6, 6.07) is -0.227. The van der Waals surface area contributed by atoms with E-state index in [9.17, 15) is 13.2 Å². The van der Waals surface area contributed by atoms with Gasteiger partial charge in [-0.15, -0.1) is 0 Å². The number of nitrogens with two attached hydrogens (primary N) is 1. The molecule has 0 spiro atoms. The van der Waals surface area contributed by atoms with Crippen LogP contribution in [0.5, 0.6) is 0 Å². The number of anilines is 2. The van der Waals surface area contributed by atoms with Crippen molar-refractivity contribution >= 4 is 23.4 Å². The van der Waals surface area contributed by atoms with Crippen LogP contribution in [-0.2, 0) is 0 Å². The van der Waals surface area contributed by atoms with Crippen molar-refractivity contribution in [2.75, 3.05) is 17.2 Å². The third-order valence-electron chi connectivity index (χ3n) is 2.62. The van der Waals surface area contributed by atoms with E-state index in [1.165, 1.54) is 11.0 Å². The predicted octanol–water partition coefficient (Wildman–Crippen LogP) is 2.24. The van der Waals surface area contributed by atoms with Crippen LogP contribution < -0.4 is 10.6 Å². The van der Waals surface area contributed by atoms with Crippen LogP contribution in [0.4, 0.5) is 24.9 Å². The third kappa shape index (κ3) is 2.54. The zero-order valence-corrected chi connectivity index (χ0v) is 9.46. The molecule has 0 amide bonds. The monoisotopic (exact) mass is 266 g/mol. The molecule has 94 valence electrons. The van der Waals surface area contributed by atoms with E-state index in [0.717, 1.165) is 0 Å². The number of hydrogen-bond acceptors (Lipinski definition) is 4. The molecule has 2 N–H and O–H groups in total. The van der Waals surface area contributed by atoms with Crippen molar-refractivity contribution in [2.45, 2.75) is 25.1 Å². The first-order valence-corrected chi connectivity index (χ1v) is 5.39. The summed E-state index contributed by atoms with van der Waals surface area (Å²) in [4.78, 5) is 8.58. The molecule has 0 saturated carbocycles. The van der Waals surface area contributed by atoms with Crippen LogP contribution in [0.15, 0.2) is 6.07 Å². The average molecular weight is 267 g/mol. The summed E-state index contributed by atoms with van der Waals surface area (Å²) in [5.74, 6) is 0.00245. The molecule has 1 aliphatic rings. The fraction of sp³-hybridized carbons (Fsp3) is 0.556. The van der Waals surface area contributed by atoms with E-state index >= 15 is 0 Å².